The average Bonchev–Trinajstić information content (AvgIpc) is 2.27. The molecule has 80 valence electrons. The Hall–Kier alpha value is -1.75. The Kier molecular flexibility index (Phi) is 2.47. The number of carbonyl (C=O) groups excluding carboxylic acids is 1. The van der Waals surface area contributed by atoms with Gasteiger partial charge in [0, 0.05) is 6.54 Å². The smallest absolute Gasteiger partial charge is 0.319 e. The van der Waals surface area contributed by atoms with Crippen LogP contribution in [0.4, 0.5) is 10.5 Å². The largest absolute Gasteiger partial charge is 0.485 e. The highest BCUT2D eigenvalue weighted by Crippen LogP contribution is 2.32. The maximum absolute atomic E-state index is 11.2. The molecule has 1 aliphatic rings. The molecule has 1 aliphatic heterocycles. The lowest BCUT2D eigenvalue weighted by Gasteiger charge is -2.33. The minimum Gasteiger partial charge on any atom is -0.485 e. The van der Waals surface area contributed by atoms with Crippen molar-refractivity contribution in [2.24, 2.45) is 11.5 Å². The molecular weight excluding hydrogens is 194 g/mol. The molecule has 0 radical (unpaired) electrons. The van der Waals surface area contributed by atoms with Gasteiger partial charge < -0.3 is 16.2 Å². The third kappa shape index (κ3) is 1.73. The maximum atomic E-state index is 11.2. The monoisotopic (exact) mass is 207 g/mol. The van der Waals surface area contributed by atoms with Crippen molar-refractivity contribution < 1.29 is 9.53 Å². The average molecular weight is 207 g/mol. The number of nitrogens with zero attached hydrogens (tertiary/aromatic N) is 1. The molecule has 4 N–H and O–H groups in total. The summed E-state index contributed by atoms with van der Waals surface area (Å²) in [4.78, 5) is 12.7. The molecule has 0 saturated carbocycles. The van der Waals surface area contributed by atoms with E-state index < -0.39 is 6.03 Å². The molecule has 0 fully saturated rings. The Balaban J connectivity index is 2.38. The van der Waals surface area contributed by atoms with E-state index in [2.05, 4.69) is 0 Å². The molecule has 2 amide bonds. The van der Waals surface area contributed by atoms with Gasteiger partial charge in [0.2, 0.25) is 0 Å². The second-order valence-electron chi connectivity index (χ2n) is 3.39. The molecule has 0 aliphatic carbocycles. The van der Waals surface area contributed by atoms with Crippen LogP contribution in [0.15, 0.2) is 24.3 Å². The lowest BCUT2D eigenvalue weighted by Crippen LogP contribution is -2.48. The van der Waals surface area contributed by atoms with Crippen LogP contribution in [0, 0.1) is 0 Å². The normalized spacial score (nSPS) is 19.3. The number of benzene rings is 1. The standard InChI is InChI=1S/C10H13N3O2/c11-5-7-6-13(10(12)14)8-3-1-2-4-9(8)15-7/h1-4,7H,5-6,11H2,(H2,12,14). The summed E-state index contributed by atoms with van der Waals surface area (Å²) in [5.74, 6) is 0.651. The number of carbonyl (C=O) groups is 1. The third-order valence-corrected chi connectivity index (χ3v) is 2.36. The maximum Gasteiger partial charge on any atom is 0.319 e. The van der Waals surface area contributed by atoms with Crippen LogP contribution in [0.3, 0.4) is 0 Å². The lowest BCUT2D eigenvalue weighted by atomic mass is 10.2. The summed E-state index contributed by atoms with van der Waals surface area (Å²) < 4.78 is 5.59. The first kappa shape index (κ1) is 9.79. The molecule has 15 heavy (non-hydrogen) atoms. The van der Waals surface area contributed by atoms with Gasteiger partial charge in [-0.2, -0.15) is 0 Å². The van der Waals surface area contributed by atoms with Crippen LogP contribution in [0.5, 0.6) is 5.75 Å². The first-order valence-corrected chi connectivity index (χ1v) is 4.75. The number of para-hydroxylation sites is 2. The van der Waals surface area contributed by atoms with Crippen molar-refractivity contribution in [3.8, 4) is 5.75 Å². The summed E-state index contributed by atoms with van der Waals surface area (Å²) in [5, 5.41) is 0. The van der Waals surface area contributed by atoms with E-state index in [1.807, 2.05) is 12.1 Å². The van der Waals surface area contributed by atoms with Crippen molar-refractivity contribution >= 4 is 11.7 Å². The van der Waals surface area contributed by atoms with Crippen LogP contribution in [0.25, 0.3) is 0 Å². The van der Waals surface area contributed by atoms with E-state index >= 15 is 0 Å². The van der Waals surface area contributed by atoms with E-state index in [1.165, 1.54) is 4.90 Å². The Bertz CT molecular complexity index is 381. The van der Waals surface area contributed by atoms with Crippen LogP contribution < -0.4 is 21.1 Å². The number of urea groups is 1. The second-order valence-corrected chi connectivity index (χ2v) is 3.39. The van der Waals surface area contributed by atoms with Crippen LogP contribution in [-0.4, -0.2) is 25.2 Å². The summed E-state index contributed by atoms with van der Waals surface area (Å²) in [6, 6.07) is 6.79. The Morgan fingerprint density at radius 2 is 2.27 bits per heavy atom. The predicted octanol–water partition coefficient (Wildman–Crippen LogP) is 0.291. The number of rotatable bonds is 1. The van der Waals surface area contributed by atoms with Crippen molar-refractivity contribution in [3.63, 3.8) is 0 Å². The van der Waals surface area contributed by atoms with E-state index in [0.717, 1.165) is 0 Å². The number of fused-ring (bicyclic) bond motifs is 1. The molecule has 1 aromatic rings. The minimum atomic E-state index is -0.482. The number of anilines is 1. The molecule has 5 heteroatoms. The van der Waals surface area contributed by atoms with Crippen molar-refractivity contribution in [1.82, 2.24) is 0 Å². The van der Waals surface area contributed by atoms with Gasteiger partial charge in [0.15, 0.2) is 0 Å². The van der Waals surface area contributed by atoms with Crippen LogP contribution in [0.1, 0.15) is 0 Å². The first-order valence-electron chi connectivity index (χ1n) is 4.75. The van der Waals surface area contributed by atoms with Gasteiger partial charge in [-0.15, -0.1) is 0 Å². The van der Waals surface area contributed by atoms with Gasteiger partial charge in [-0.05, 0) is 12.1 Å². The minimum absolute atomic E-state index is 0.188. The fraction of sp³-hybridized carbons (Fsp3) is 0.300. The van der Waals surface area contributed by atoms with E-state index in [9.17, 15) is 4.79 Å². The van der Waals surface area contributed by atoms with Gasteiger partial charge in [-0.3, -0.25) is 4.90 Å². The van der Waals surface area contributed by atoms with E-state index in [4.69, 9.17) is 16.2 Å². The van der Waals surface area contributed by atoms with Crippen molar-refractivity contribution in [3.05, 3.63) is 24.3 Å². The predicted molar refractivity (Wildman–Crippen MR) is 56.8 cm³/mol. The van der Waals surface area contributed by atoms with Crippen molar-refractivity contribution in [1.29, 1.82) is 0 Å². The molecule has 2 rings (SSSR count). The zero-order chi connectivity index (χ0) is 10.8. The molecule has 0 aromatic heterocycles. The topological polar surface area (TPSA) is 81.6 Å². The number of hydrogen-bond donors (Lipinski definition) is 2. The fourth-order valence-electron chi connectivity index (χ4n) is 1.63. The van der Waals surface area contributed by atoms with Gasteiger partial charge in [0.25, 0.3) is 0 Å². The molecule has 1 aromatic carbocycles. The number of ether oxygens (including phenoxy) is 1. The number of nitrogens with two attached hydrogens (primary N) is 2. The SMILES string of the molecule is NCC1CN(C(N)=O)c2ccccc2O1. The Morgan fingerprint density at radius 3 is 2.93 bits per heavy atom. The molecule has 0 bridgehead atoms. The van der Waals surface area contributed by atoms with Gasteiger partial charge in [-0.25, -0.2) is 4.79 Å². The Morgan fingerprint density at radius 1 is 1.53 bits per heavy atom. The van der Waals surface area contributed by atoms with Crippen LogP contribution in [0.2, 0.25) is 0 Å². The molecule has 1 atom stereocenters. The highest BCUT2D eigenvalue weighted by atomic mass is 16.5. The number of amides is 2. The lowest BCUT2D eigenvalue weighted by molar-refractivity contribution is 0.198. The highest BCUT2D eigenvalue weighted by molar-refractivity contribution is 5.92. The highest BCUT2D eigenvalue weighted by Gasteiger charge is 2.27. The molecule has 1 unspecified atom stereocenters. The molecule has 0 saturated heterocycles. The quantitative estimate of drug-likeness (QED) is 0.694. The number of primary amides is 1. The van der Waals surface area contributed by atoms with Gasteiger partial charge in [0.05, 0.1) is 12.2 Å². The van der Waals surface area contributed by atoms with Crippen LogP contribution >= 0.6 is 0 Å². The molecular formula is C10H13N3O2. The summed E-state index contributed by atoms with van der Waals surface area (Å²) >= 11 is 0. The summed E-state index contributed by atoms with van der Waals surface area (Å²) in [7, 11) is 0. The fourth-order valence-corrected chi connectivity index (χ4v) is 1.63. The van der Waals surface area contributed by atoms with Crippen LogP contribution in [-0.2, 0) is 0 Å². The van der Waals surface area contributed by atoms with E-state index in [1.54, 1.807) is 12.1 Å². The van der Waals surface area contributed by atoms with Gasteiger partial charge >= 0.3 is 6.03 Å². The second kappa shape index (κ2) is 3.78. The van der Waals surface area contributed by atoms with Gasteiger partial charge in [-0.1, -0.05) is 12.1 Å². The first-order chi connectivity index (χ1) is 7.22. The summed E-state index contributed by atoms with van der Waals surface area (Å²) in [6.45, 7) is 0.765. The zero-order valence-corrected chi connectivity index (χ0v) is 8.22. The Labute approximate surface area is 87.6 Å². The summed E-state index contributed by atoms with van der Waals surface area (Å²) in [6.07, 6.45) is -0.188. The van der Waals surface area contributed by atoms with Crippen molar-refractivity contribution in [2.45, 2.75) is 6.10 Å². The molecule has 5 nitrogen and oxygen atoms in total. The third-order valence-electron chi connectivity index (χ3n) is 2.36. The van der Waals surface area contributed by atoms with E-state index in [-0.39, 0.29) is 6.10 Å². The van der Waals surface area contributed by atoms with E-state index in [0.29, 0.717) is 24.5 Å². The summed E-state index contributed by atoms with van der Waals surface area (Å²) in [5.41, 5.74) is 11.5. The van der Waals surface area contributed by atoms with Crippen molar-refractivity contribution in [2.75, 3.05) is 18.0 Å². The molecule has 1 heterocycles. The zero-order valence-electron chi connectivity index (χ0n) is 8.22. The molecule has 0 spiro atoms. The van der Waals surface area contributed by atoms with Gasteiger partial charge in [0.1, 0.15) is 11.9 Å². The number of hydrogen-bond acceptors (Lipinski definition) is 3.